The molecule has 1 aliphatic heterocycles. The largest absolute Gasteiger partial charge is 0.468 e. The van der Waals surface area contributed by atoms with Crippen molar-refractivity contribution in [3.05, 3.63) is 67.3 Å². The molecule has 37 heavy (non-hydrogen) atoms. The van der Waals surface area contributed by atoms with Crippen molar-refractivity contribution in [1.29, 1.82) is 0 Å². The van der Waals surface area contributed by atoms with Crippen molar-refractivity contribution in [3.63, 3.8) is 0 Å². The summed E-state index contributed by atoms with van der Waals surface area (Å²) in [6.07, 6.45) is 5.84. The third-order valence-corrected chi connectivity index (χ3v) is 7.40. The Morgan fingerprint density at radius 2 is 1.84 bits per heavy atom. The van der Waals surface area contributed by atoms with E-state index < -0.39 is 28.7 Å². The van der Waals surface area contributed by atoms with Crippen LogP contribution in [0.3, 0.4) is 0 Å². The lowest BCUT2D eigenvalue weighted by Crippen LogP contribution is -2.36. The van der Waals surface area contributed by atoms with Gasteiger partial charge in [0.05, 0.1) is 29.2 Å². The number of unbranched alkanes of at least 4 members (excludes halogenated alkanes) is 4. The van der Waals surface area contributed by atoms with Crippen LogP contribution in [0.2, 0.25) is 0 Å². The summed E-state index contributed by atoms with van der Waals surface area (Å²) in [5, 5.41) is 14.6. The van der Waals surface area contributed by atoms with Gasteiger partial charge in [0.1, 0.15) is 5.92 Å². The number of methoxy groups -OCH3 is 1. The maximum absolute atomic E-state index is 13.2. The van der Waals surface area contributed by atoms with Crippen molar-refractivity contribution < 1.29 is 24.0 Å². The lowest BCUT2D eigenvalue weighted by Gasteiger charge is -2.31. The van der Waals surface area contributed by atoms with E-state index in [4.69, 9.17) is 9.47 Å². The Morgan fingerprint density at radius 3 is 2.51 bits per heavy atom. The smallest absolute Gasteiger partial charge is 0.336 e. The minimum absolute atomic E-state index is 0.128. The molecule has 198 valence electrons. The van der Waals surface area contributed by atoms with E-state index in [0.717, 1.165) is 44.2 Å². The number of ether oxygens (including phenoxy) is 2. The molecule has 0 N–H and O–H groups in total. The van der Waals surface area contributed by atoms with Gasteiger partial charge >= 0.3 is 11.9 Å². The number of hydrogen-bond donors (Lipinski definition) is 0. The van der Waals surface area contributed by atoms with Crippen LogP contribution >= 0.6 is 11.3 Å². The number of allylic oxidation sites excluding steroid dienone is 1. The molecule has 0 saturated heterocycles. The summed E-state index contributed by atoms with van der Waals surface area (Å²) in [7, 11) is 1.27. The Balaban J connectivity index is 1.64. The van der Waals surface area contributed by atoms with Crippen molar-refractivity contribution >= 4 is 34.7 Å². The number of benzene rings is 1. The number of aryl methyl sites for hydroxylation is 2. The molecular weight excluding hydrogens is 494 g/mol. The average molecular weight is 528 g/mol. The highest BCUT2D eigenvalue weighted by Crippen LogP contribution is 2.41. The molecule has 0 amide bonds. The zero-order valence-corrected chi connectivity index (χ0v) is 22.5. The van der Waals surface area contributed by atoms with E-state index in [1.807, 2.05) is 6.92 Å². The highest BCUT2D eigenvalue weighted by atomic mass is 32.1. The first-order valence-corrected chi connectivity index (χ1v) is 13.3. The van der Waals surface area contributed by atoms with Crippen molar-refractivity contribution in [2.45, 2.75) is 65.2 Å². The summed E-state index contributed by atoms with van der Waals surface area (Å²) in [5.41, 5.74) is 2.52. The predicted octanol–water partition coefficient (Wildman–Crippen LogP) is 5.72. The molecule has 0 radical (unpaired) electrons. The molecule has 0 saturated carbocycles. The Morgan fingerprint density at radius 1 is 1.11 bits per heavy atom. The fourth-order valence-electron chi connectivity index (χ4n) is 4.60. The van der Waals surface area contributed by atoms with E-state index in [1.54, 1.807) is 31.3 Å². The second-order valence-corrected chi connectivity index (χ2v) is 10.1. The van der Waals surface area contributed by atoms with E-state index in [0.29, 0.717) is 17.0 Å². The van der Waals surface area contributed by atoms with Crippen LogP contribution < -0.4 is 0 Å². The maximum Gasteiger partial charge on any atom is 0.336 e. The third-order valence-electron chi connectivity index (χ3n) is 6.38. The number of non-ortho nitro benzene ring substituents is 1. The van der Waals surface area contributed by atoms with Gasteiger partial charge in [-0.1, -0.05) is 31.4 Å². The van der Waals surface area contributed by atoms with E-state index in [-0.39, 0.29) is 17.9 Å². The number of esters is 2. The summed E-state index contributed by atoms with van der Waals surface area (Å²) < 4.78 is 10.6. The van der Waals surface area contributed by atoms with E-state index in [2.05, 4.69) is 15.4 Å². The highest BCUT2D eigenvalue weighted by Gasteiger charge is 2.42. The first-order valence-electron chi connectivity index (χ1n) is 12.4. The number of aromatic nitrogens is 1. The topological polar surface area (TPSA) is 121 Å². The second-order valence-electron chi connectivity index (χ2n) is 9.12. The minimum Gasteiger partial charge on any atom is -0.468 e. The molecule has 2 aromatic rings. The second kappa shape index (κ2) is 13.2. The third kappa shape index (κ3) is 7.31. The van der Waals surface area contributed by atoms with Crippen LogP contribution in [-0.2, 0) is 25.5 Å². The van der Waals surface area contributed by atoms with Gasteiger partial charge in [-0.25, -0.2) is 9.78 Å². The molecule has 0 fully saturated rings. The van der Waals surface area contributed by atoms with Crippen LogP contribution in [0.15, 0.2) is 45.9 Å². The zero-order valence-electron chi connectivity index (χ0n) is 21.7. The van der Waals surface area contributed by atoms with Crippen molar-refractivity contribution in [1.82, 2.24) is 4.98 Å². The molecule has 2 atom stereocenters. The van der Waals surface area contributed by atoms with Crippen molar-refractivity contribution in [2.24, 2.45) is 10.9 Å². The lowest BCUT2D eigenvalue weighted by molar-refractivity contribution is -0.384. The number of carbonyl (C=O) groups is 2. The van der Waals surface area contributed by atoms with Crippen LogP contribution in [0.1, 0.15) is 68.1 Å². The fourth-order valence-corrected chi connectivity index (χ4v) is 5.41. The van der Waals surface area contributed by atoms with Gasteiger partial charge in [-0.15, -0.1) is 11.3 Å². The number of hydrogen-bond acceptors (Lipinski definition) is 9. The number of nitro groups is 1. The van der Waals surface area contributed by atoms with Gasteiger partial charge in [0.2, 0.25) is 0 Å². The molecule has 1 aliphatic rings. The first-order chi connectivity index (χ1) is 17.7. The summed E-state index contributed by atoms with van der Waals surface area (Å²) in [5.74, 6) is -2.83. The van der Waals surface area contributed by atoms with Crippen LogP contribution in [0.25, 0.3) is 0 Å². The summed E-state index contributed by atoms with van der Waals surface area (Å²) in [4.78, 5) is 45.7. The SMILES string of the molecule is COC(=O)C1C(C)=NC(C)=C(C(=O)OCCCCCCCc2nc(C)cs2)C1c1cccc([N+](=O)[O-])c1. The van der Waals surface area contributed by atoms with Crippen LogP contribution in [0, 0.1) is 23.0 Å². The maximum atomic E-state index is 13.2. The van der Waals surface area contributed by atoms with Crippen LogP contribution in [0.4, 0.5) is 5.69 Å². The molecule has 2 unspecified atom stereocenters. The quantitative estimate of drug-likeness (QED) is 0.150. The van der Waals surface area contributed by atoms with Crippen molar-refractivity contribution in [2.75, 3.05) is 13.7 Å². The lowest BCUT2D eigenvalue weighted by atomic mass is 9.75. The molecule has 3 rings (SSSR count). The number of carbonyl (C=O) groups excluding carboxylic acids is 2. The molecule has 1 aromatic carbocycles. The normalized spacial score (nSPS) is 17.4. The Hall–Kier alpha value is -3.40. The Labute approximate surface area is 220 Å². The summed E-state index contributed by atoms with van der Waals surface area (Å²) in [6, 6.07) is 5.95. The van der Waals surface area contributed by atoms with E-state index in [9.17, 15) is 19.7 Å². The van der Waals surface area contributed by atoms with Gasteiger partial charge in [-0.05, 0) is 45.6 Å². The van der Waals surface area contributed by atoms with Gasteiger partial charge in [-0.3, -0.25) is 19.9 Å². The highest BCUT2D eigenvalue weighted by molar-refractivity contribution is 7.09. The van der Waals surface area contributed by atoms with Gasteiger partial charge in [0.25, 0.3) is 5.69 Å². The molecule has 9 nitrogen and oxygen atoms in total. The van der Waals surface area contributed by atoms with Crippen molar-refractivity contribution in [3.8, 4) is 0 Å². The van der Waals surface area contributed by atoms with Crippen LogP contribution in [-0.4, -0.2) is 41.3 Å². The first kappa shape index (κ1) is 28.2. The van der Waals surface area contributed by atoms with Gasteiger partial charge < -0.3 is 9.47 Å². The van der Waals surface area contributed by atoms with Gasteiger partial charge in [-0.2, -0.15) is 0 Å². The zero-order chi connectivity index (χ0) is 26.9. The summed E-state index contributed by atoms with van der Waals surface area (Å²) in [6.45, 7) is 5.62. The molecular formula is C27H33N3O6S. The summed E-state index contributed by atoms with van der Waals surface area (Å²) >= 11 is 1.70. The minimum atomic E-state index is -0.889. The molecule has 1 aromatic heterocycles. The fraction of sp³-hybridized carbons (Fsp3) is 0.481. The van der Waals surface area contributed by atoms with E-state index >= 15 is 0 Å². The molecule has 0 bridgehead atoms. The number of aliphatic imine (C=N–C) groups is 1. The molecule has 10 heteroatoms. The number of thiazole rings is 1. The van der Waals surface area contributed by atoms with E-state index in [1.165, 1.54) is 30.3 Å². The average Bonchev–Trinajstić information content (AvgIpc) is 3.29. The standard InChI is InChI=1S/C27H33N3O6S/c1-17-16-37-22(28-17)13-8-6-5-7-9-14-36-27(32)24-19(3)29-18(2)23(26(31)35-4)25(24)20-11-10-12-21(15-20)30(33)34/h10-12,15-16,23,25H,5-9,13-14H2,1-4H3. The Bertz CT molecular complexity index is 1200. The van der Waals surface area contributed by atoms with Gasteiger partial charge in [0, 0.05) is 40.5 Å². The molecule has 0 aliphatic carbocycles. The van der Waals surface area contributed by atoms with Crippen LogP contribution in [0.5, 0.6) is 0 Å². The number of nitro benzene ring substituents is 1. The Kier molecular flexibility index (Phi) is 10.1. The monoisotopic (exact) mass is 527 g/mol. The number of nitrogens with zero attached hydrogens (tertiary/aromatic N) is 3. The predicted molar refractivity (Wildman–Crippen MR) is 142 cm³/mol. The van der Waals surface area contributed by atoms with Gasteiger partial charge in [0.15, 0.2) is 0 Å². The molecule has 2 heterocycles. The number of rotatable bonds is 12. The molecule has 0 spiro atoms.